The molecular formula is C19H15F2N5O3S. The van der Waals surface area contributed by atoms with Crippen molar-refractivity contribution >= 4 is 40.3 Å². The van der Waals surface area contributed by atoms with Crippen molar-refractivity contribution in [3.8, 4) is 5.75 Å². The van der Waals surface area contributed by atoms with Crippen molar-refractivity contribution < 1.29 is 23.1 Å². The molecule has 2 aromatic heterocycles. The van der Waals surface area contributed by atoms with E-state index in [1.807, 2.05) is 5.38 Å². The first kappa shape index (κ1) is 19.7. The first-order valence-electron chi connectivity index (χ1n) is 8.77. The summed E-state index contributed by atoms with van der Waals surface area (Å²) in [7, 11) is 0. The van der Waals surface area contributed by atoms with Crippen molar-refractivity contribution in [2.45, 2.75) is 13.2 Å². The summed E-state index contributed by atoms with van der Waals surface area (Å²) in [4.78, 5) is 35.0. The molecule has 154 valence electrons. The van der Waals surface area contributed by atoms with Gasteiger partial charge in [0.25, 0.3) is 5.91 Å². The fourth-order valence-electron chi connectivity index (χ4n) is 2.88. The number of ether oxygens (including phenoxy) is 1. The summed E-state index contributed by atoms with van der Waals surface area (Å²) in [5.41, 5.74) is 3.53. The lowest BCUT2D eigenvalue weighted by Gasteiger charge is -2.29. The fourth-order valence-corrected chi connectivity index (χ4v) is 3.43. The number of benzene rings is 1. The van der Waals surface area contributed by atoms with Crippen LogP contribution in [-0.4, -0.2) is 34.9 Å². The number of aromatic nitrogens is 2. The van der Waals surface area contributed by atoms with Gasteiger partial charge in [0.05, 0.1) is 35.5 Å². The van der Waals surface area contributed by atoms with Gasteiger partial charge < -0.3 is 20.3 Å². The number of alkyl halides is 2. The van der Waals surface area contributed by atoms with Crippen LogP contribution in [0.2, 0.25) is 0 Å². The summed E-state index contributed by atoms with van der Waals surface area (Å²) in [6.45, 7) is -2.55. The molecule has 0 radical (unpaired) electrons. The van der Waals surface area contributed by atoms with Gasteiger partial charge in [-0.05, 0) is 30.3 Å². The zero-order chi connectivity index (χ0) is 21.1. The quantitative estimate of drug-likeness (QED) is 0.621. The molecule has 0 unspecified atom stereocenters. The van der Waals surface area contributed by atoms with Gasteiger partial charge in [-0.1, -0.05) is 0 Å². The summed E-state index contributed by atoms with van der Waals surface area (Å²) in [6.07, 6.45) is 1.40. The van der Waals surface area contributed by atoms with Crippen LogP contribution in [0.4, 0.5) is 26.0 Å². The number of hydrogen-bond acceptors (Lipinski definition) is 7. The molecule has 8 nitrogen and oxygen atoms in total. The van der Waals surface area contributed by atoms with E-state index in [1.165, 1.54) is 46.7 Å². The van der Waals surface area contributed by atoms with E-state index >= 15 is 0 Å². The molecule has 2 N–H and O–H groups in total. The van der Waals surface area contributed by atoms with Crippen molar-refractivity contribution in [1.82, 2.24) is 9.97 Å². The predicted molar refractivity (Wildman–Crippen MR) is 107 cm³/mol. The number of nitrogens with one attached hydrogen (secondary N) is 2. The molecule has 0 fully saturated rings. The lowest BCUT2D eigenvalue weighted by atomic mass is 10.1. The van der Waals surface area contributed by atoms with E-state index in [0.717, 1.165) is 5.69 Å². The Morgan fingerprint density at radius 2 is 2.10 bits per heavy atom. The average molecular weight is 431 g/mol. The number of carbonyl (C=O) groups is 2. The molecule has 11 heteroatoms. The number of nitrogens with zero attached hydrogens (tertiary/aromatic N) is 3. The normalized spacial score (nSPS) is 13.0. The number of rotatable bonds is 6. The van der Waals surface area contributed by atoms with Crippen LogP contribution >= 0.6 is 11.3 Å². The summed E-state index contributed by atoms with van der Waals surface area (Å²) in [5, 5.41) is 7.44. The topological polar surface area (TPSA) is 96.4 Å². The van der Waals surface area contributed by atoms with Gasteiger partial charge in [0, 0.05) is 17.3 Å². The first-order valence-corrected chi connectivity index (χ1v) is 9.71. The largest absolute Gasteiger partial charge is 0.435 e. The highest BCUT2D eigenvalue weighted by Crippen LogP contribution is 2.30. The van der Waals surface area contributed by atoms with Gasteiger partial charge in [-0.3, -0.25) is 9.59 Å². The van der Waals surface area contributed by atoms with Crippen LogP contribution in [0.15, 0.2) is 47.4 Å². The average Bonchev–Trinajstić information content (AvgIpc) is 3.24. The van der Waals surface area contributed by atoms with E-state index in [-0.39, 0.29) is 30.3 Å². The second kappa shape index (κ2) is 8.41. The molecule has 1 aliphatic heterocycles. The maximum Gasteiger partial charge on any atom is 0.387 e. The molecule has 2 amide bonds. The number of thiazole rings is 1. The standard InChI is InChI=1S/C19H15F2N5O3S/c20-19(21)29-14-3-1-12(2-4-14)25-18(28)11-5-15-17(22-6-11)23-7-16(27)26(15)8-13-9-30-10-24-13/h1-6,9-10,19H,7-8H2,(H,22,23)(H,25,28). The van der Waals surface area contributed by atoms with E-state index in [4.69, 9.17) is 0 Å². The molecule has 0 bridgehead atoms. The molecule has 30 heavy (non-hydrogen) atoms. The van der Waals surface area contributed by atoms with Gasteiger partial charge >= 0.3 is 6.61 Å². The van der Waals surface area contributed by atoms with Crippen molar-refractivity contribution in [3.63, 3.8) is 0 Å². The van der Waals surface area contributed by atoms with Gasteiger partial charge in [-0.15, -0.1) is 11.3 Å². The zero-order valence-electron chi connectivity index (χ0n) is 15.3. The second-order valence-electron chi connectivity index (χ2n) is 6.26. The second-order valence-corrected chi connectivity index (χ2v) is 6.98. The van der Waals surface area contributed by atoms with Crippen molar-refractivity contribution in [3.05, 3.63) is 58.7 Å². The molecule has 3 aromatic rings. The lowest BCUT2D eigenvalue weighted by Crippen LogP contribution is -2.40. The van der Waals surface area contributed by atoms with E-state index in [1.54, 1.807) is 11.6 Å². The van der Waals surface area contributed by atoms with Gasteiger partial charge in [0.2, 0.25) is 5.91 Å². The third kappa shape index (κ3) is 4.35. The number of pyridine rings is 1. The molecule has 0 aliphatic carbocycles. The van der Waals surface area contributed by atoms with E-state index in [9.17, 15) is 18.4 Å². The third-order valence-electron chi connectivity index (χ3n) is 4.27. The Hall–Kier alpha value is -3.60. The third-order valence-corrected chi connectivity index (χ3v) is 4.90. The molecule has 1 aliphatic rings. The molecule has 4 rings (SSSR count). The Balaban J connectivity index is 1.53. The highest BCUT2D eigenvalue weighted by molar-refractivity contribution is 7.07. The zero-order valence-corrected chi connectivity index (χ0v) is 16.2. The van der Waals surface area contributed by atoms with Crippen LogP contribution in [0, 0.1) is 0 Å². The minimum atomic E-state index is -2.92. The van der Waals surface area contributed by atoms with E-state index in [2.05, 4.69) is 25.3 Å². The van der Waals surface area contributed by atoms with Crippen molar-refractivity contribution in [1.29, 1.82) is 0 Å². The Labute approximate surface area is 173 Å². The number of hydrogen-bond donors (Lipinski definition) is 2. The van der Waals surface area contributed by atoms with Gasteiger partial charge in [0.1, 0.15) is 5.75 Å². The summed E-state index contributed by atoms with van der Waals surface area (Å²) < 4.78 is 28.7. The van der Waals surface area contributed by atoms with Crippen LogP contribution < -0.4 is 20.3 Å². The highest BCUT2D eigenvalue weighted by atomic mass is 32.1. The van der Waals surface area contributed by atoms with Gasteiger partial charge in [0.15, 0.2) is 5.82 Å². The molecule has 0 saturated carbocycles. The lowest BCUT2D eigenvalue weighted by molar-refractivity contribution is -0.117. The van der Waals surface area contributed by atoms with E-state index < -0.39 is 12.5 Å². The van der Waals surface area contributed by atoms with Crippen LogP contribution in [-0.2, 0) is 11.3 Å². The number of anilines is 3. The minimum Gasteiger partial charge on any atom is -0.435 e. The van der Waals surface area contributed by atoms with Gasteiger partial charge in [-0.2, -0.15) is 8.78 Å². The van der Waals surface area contributed by atoms with Crippen molar-refractivity contribution in [2.75, 3.05) is 22.1 Å². The van der Waals surface area contributed by atoms with E-state index in [0.29, 0.717) is 17.2 Å². The molecule has 0 saturated heterocycles. The summed E-state index contributed by atoms with van der Waals surface area (Å²) in [6, 6.07) is 7.11. The highest BCUT2D eigenvalue weighted by Gasteiger charge is 2.26. The number of carbonyl (C=O) groups excluding carboxylic acids is 2. The number of halogens is 2. The number of amides is 2. The molecular weight excluding hydrogens is 416 g/mol. The summed E-state index contributed by atoms with van der Waals surface area (Å²) >= 11 is 1.43. The Kier molecular flexibility index (Phi) is 5.53. The summed E-state index contributed by atoms with van der Waals surface area (Å²) in [5.74, 6) is -0.139. The monoisotopic (exact) mass is 431 g/mol. The maximum absolute atomic E-state index is 12.6. The maximum atomic E-state index is 12.6. The Morgan fingerprint density at radius 1 is 1.30 bits per heavy atom. The molecule has 1 aromatic carbocycles. The molecule has 0 atom stereocenters. The first-order chi connectivity index (χ1) is 14.5. The molecule has 3 heterocycles. The molecule has 0 spiro atoms. The van der Waals surface area contributed by atoms with Crippen LogP contribution in [0.25, 0.3) is 0 Å². The van der Waals surface area contributed by atoms with Gasteiger partial charge in [-0.25, -0.2) is 9.97 Å². The Bertz CT molecular complexity index is 1060. The van der Waals surface area contributed by atoms with Crippen LogP contribution in [0.5, 0.6) is 5.75 Å². The fraction of sp³-hybridized carbons (Fsp3) is 0.158. The van der Waals surface area contributed by atoms with Crippen LogP contribution in [0.3, 0.4) is 0 Å². The SMILES string of the molecule is O=C(Nc1ccc(OC(F)F)cc1)c1cnc2c(c1)N(Cc1cscn1)C(=O)CN2. The van der Waals surface area contributed by atoms with Crippen LogP contribution in [0.1, 0.15) is 16.1 Å². The van der Waals surface area contributed by atoms with Crippen molar-refractivity contribution in [2.24, 2.45) is 0 Å². The predicted octanol–water partition coefficient (Wildman–Crippen LogP) is 3.35. The minimum absolute atomic E-state index is 0.0132. The smallest absolute Gasteiger partial charge is 0.387 e. The Morgan fingerprint density at radius 3 is 2.80 bits per heavy atom. The number of fused-ring (bicyclic) bond motifs is 1.